The summed E-state index contributed by atoms with van der Waals surface area (Å²) >= 11 is 0. The molecule has 2 heterocycles. The number of aryl methyl sites for hydroxylation is 2. The van der Waals surface area contributed by atoms with Crippen molar-refractivity contribution in [3.63, 3.8) is 0 Å². The average molecular weight is 389 g/mol. The summed E-state index contributed by atoms with van der Waals surface area (Å²) in [6, 6.07) is 3.84. The summed E-state index contributed by atoms with van der Waals surface area (Å²) in [5, 5.41) is 9.91. The van der Waals surface area contributed by atoms with Gasteiger partial charge in [0.05, 0.1) is 17.7 Å². The molecule has 1 amide bonds. The molecular weight excluding hydrogens is 369 g/mol. The van der Waals surface area contributed by atoms with Crippen LogP contribution < -0.4 is 10.6 Å². The third-order valence-corrected chi connectivity index (χ3v) is 4.51. The summed E-state index contributed by atoms with van der Waals surface area (Å²) in [5.74, 6) is -0.711. The maximum atomic E-state index is 13.0. The van der Waals surface area contributed by atoms with Crippen molar-refractivity contribution in [1.29, 1.82) is 0 Å². The average Bonchev–Trinajstić information content (AvgIpc) is 3.16. The van der Waals surface area contributed by atoms with E-state index in [0.29, 0.717) is 13.1 Å². The molecule has 1 aromatic carbocycles. The summed E-state index contributed by atoms with van der Waals surface area (Å²) in [6.07, 6.45) is -0.880. The number of nitrogens with zero attached hydrogens (tertiary/aromatic N) is 2. The van der Waals surface area contributed by atoms with Crippen LogP contribution in [-0.2, 0) is 18.0 Å². The van der Waals surface area contributed by atoms with Gasteiger partial charge in [0.1, 0.15) is 0 Å². The fourth-order valence-electron chi connectivity index (χ4n) is 3.18. The Morgan fingerprint density at radius 3 is 2.69 bits per heavy atom. The maximum absolute atomic E-state index is 13.0. The smallest absolute Gasteiger partial charge is 0.326 e. The molecule has 0 radical (unpaired) electrons. The van der Waals surface area contributed by atoms with Gasteiger partial charge in [-0.1, -0.05) is 6.07 Å². The fraction of sp³-hybridized carbons (Fsp3) is 0.412. The van der Waals surface area contributed by atoms with E-state index in [0.717, 1.165) is 11.6 Å². The zero-order valence-electron chi connectivity index (χ0n) is 14.3. The van der Waals surface area contributed by atoms with E-state index in [4.69, 9.17) is 0 Å². The van der Waals surface area contributed by atoms with Gasteiger partial charge in [0, 0.05) is 37.9 Å². The molecule has 0 spiro atoms. The Balaban J connectivity index is 0.00000243. The summed E-state index contributed by atoms with van der Waals surface area (Å²) in [5.41, 5.74) is 0.479. The number of anilines is 1. The normalized spacial score (nSPS) is 19.9. The highest BCUT2D eigenvalue weighted by Gasteiger charge is 2.36. The summed E-state index contributed by atoms with van der Waals surface area (Å²) in [7, 11) is 1.80. The number of hydrogen-bond acceptors (Lipinski definition) is 3. The van der Waals surface area contributed by atoms with Crippen molar-refractivity contribution in [2.75, 3.05) is 18.4 Å². The molecule has 0 aliphatic carbocycles. The van der Waals surface area contributed by atoms with Crippen LogP contribution in [0, 0.1) is 12.8 Å². The monoisotopic (exact) mass is 388 g/mol. The van der Waals surface area contributed by atoms with Gasteiger partial charge >= 0.3 is 6.18 Å². The molecule has 1 aromatic heterocycles. The first-order valence-corrected chi connectivity index (χ1v) is 7.93. The number of halogens is 4. The van der Waals surface area contributed by atoms with Crippen LogP contribution in [0.4, 0.5) is 18.9 Å². The van der Waals surface area contributed by atoms with Gasteiger partial charge in [0.2, 0.25) is 5.91 Å². The first-order chi connectivity index (χ1) is 11.8. The van der Waals surface area contributed by atoms with Crippen LogP contribution in [0.3, 0.4) is 0 Å². The van der Waals surface area contributed by atoms with Gasteiger partial charge in [-0.3, -0.25) is 9.48 Å². The maximum Gasteiger partial charge on any atom is 0.416 e. The van der Waals surface area contributed by atoms with Crippen molar-refractivity contribution in [1.82, 2.24) is 15.1 Å². The SMILES string of the molecule is Cc1ccc(NC(=O)[C@H]2CNC[C@@H]2c2cnn(C)c2)cc1C(F)(F)F.Cl. The van der Waals surface area contributed by atoms with Gasteiger partial charge in [0.15, 0.2) is 0 Å². The first kappa shape index (κ1) is 20.3. The lowest BCUT2D eigenvalue weighted by Crippen LogP contribution is -2.28. The van der Waals surface area contributed by atoms with Crippen LogP contribution in [0.15, 0.2) is 30.6 Å². The molecule has 2 N–H and O–H groups in total. The van der Waals surface area contributed by atoms with Crippen LogP contribution in [0.2, 0.25) is 0 Å². The molecule has 0 bridgehead atoms. The van der Waals surface area contributed by atoms with Crippen LogP contribution in [0.25, 0.3) is 0 Å². The number of carbonyl (C=O) groups excluding carboxylic acids is 1. The van der Waals surface area contributed by atoms with Crippen LogP contribution in [-0.4, -0.2) is 28.8 Å². The number of amides is 1. The summed E-state index contributed by atoms with van der Waals surface area (Å²) in [4.78, 5) is 12.6. The predicted octanol–water partition coefficient (Wildman–Crippen LogP) is 3.11. The minimum Gasteiger partial charge on any atom is -0.326 e. The lowest BCUT2D eigenvalue weighted by molar-refractivity contribution is -0.138. The van der Waals surface area contributed by atoms with E-state index < -0.39 is 11.7 Å². The topological polar surface area (TPSA) is 59.0 Å². The minimum atomic E-state index is -4.45. The second-order valence-corrected chi connectivity index (χ2v) is 6.34. The molecule has 2 atom stereocenters. The van der Waals surface area contributed by atoms with Crippen LogP contribution in [0.1, 0.15) is 22.6 Å². The zero-order valence-corrected chi connectivity index (χ0v) is 15.1. The molecular formula is C17H20ClF3N4O. The molecule has 1 aliphatic rings. The Kier molecular flexibility index (Phi) is 5.98. The van der Waals surface area contributed by atoms with Gasteiger partial charge in [-0.05, 0) is 30.2 Å². The lowest BCUT2D eigenvalue weighted by Gasteiger charge is -2.18. The molecule has 26 heavy (non-hydrogen) atoms. The zero-order chi connectivity index (χ0) is 18.2. The standard InChI is InChI=1S/C17H19F3N4O.ClH/c1-10-3-4-12(5-15(10)17(18,19)20)23-16(25)14-8-21-7-13(14)11-6-22-24(2)9-11;/h3-6,9,13-14,21H,7-8H2,1-2H3,(H,23,25);1H/t13-,14+;/m1./s1. The molecule has 142 valence electrons. The summed E-state index contributed by atoms with van der Waals surface area (Å²) < 4.78 is 40.7. The fourth-order valence-corrected chi connectivity index (χ4v) is 3.18. The largest absolute Gasteiger partial charge is 0.416 e. The highest BCUT2D eigenvalue weighted by molar-refractivity contribution is 5.93. The van der Waals surface area contributed by atoms with Gasteiger partial charge in [-0.15, -0.1) is 12.4 Å². The van der Waals surface area contributed by atoms with E-state index in [1.54, 1.807) is 17.9 Å². The molecule has 0 unspecified atom stereocenters. The molecule has 9 heteroatoms. The molecule has 2 aromatic rings. The number of benzene rings is 1. The number of rotatable bonds is 3. The van der Waals surface area contributed by atoms with Crippen LogP contribution in [0.5, 0.6) is 0 Å². The third-order valence-electron chi connectivity index (χ3n) is 4.51. The van der Waals surface area contributed by atoms with Crippen molar-refractivity contribution in [3.05, 3.63) is 47.3 Å². The minimum absolute atomic E-state index is 0. The summed E-state index contributed by atoms with van der Waals surface area (Å²) in [6.45, 7) is 2.50. The molecule has 3 rings (SSSR count). The molecule has 5 nitrogen and oxygen atoms in total. The Bertz CT molecular complexity index is 791. The molecule has 1 aliphatic heterocycles. The van der Waals surface area contributed by atoms with Crippen molar-refractivity contribution in [3.8, 4) is 0 Å². The van der Waals surface area contributed by atoms with E-state index in [-0.39, 0.29) is 41.4 Å². The van der Waals surface area contributed by atoms with Crippen molar-refractivity contribution in [2.24, 2.45) is 13.0 Å². The van der Waals surface area contributed by atoms with Crippen molar-refractivity contribution < 1.29 is 18.0 Å². The van der Waals surface area contributed by atoms with E-state index in [9.17, 15) is 18.0 Å². The Labute approximate surface area is 155 Å². The third kappa shape index (κ3) is 4.19. The Hall–Kier alpha value is -2.06. The van der Waals surface area contributed by atoms with Gasteiger partial charge in [-0.2, -0.15) is 18.3 Å². The molecule has 1 saturated heterocycles. The quantitative estimate of drug-likeness (QED) is 0.849. The van der Waals surface area contributed by atoms with E-state index in [2.05, 4.69) is 15.7 Å². The second kappa shape index (κ2) is 7.67. The second-order valence-electron chi connectivity index (χ2n) is 6.34. The Morgan fingerprint density at radius 2 is 2.08 bits per heavy atom. The first-order valence-electron chi connectivity index (χ1n) is 7.93. The Morgan fingerprint density at radius 1 is 1.35 bits per heavy atom. The van der Waals surface area contributed by atoms with Crippen LogP contribution >= 0.6 is 12.4 Å². The van der Waals surface area contributed by atoms with Gasteiger partial charge in [-0.25, -0.2) is 0 Å². The lowest BCUT2D eigenvalue weighted by atomic mass is 9.90. The number of nitrogens with one attached hydrogen (secondary N) is 2. The van der Waals surface area contributed by atoms with Crippen molar-refractivity contribution in [2.45, 2.75) is 19.0 Å². The van der Waals surface area contributed by atoms with E-state index in [1.165, 1.54) is 19.1 Å². The highest BCUT2D eigenvalue weighted by atomic mass is 35.5. The number of hydrogen-bond donors (Lipinski definition) is 2. The molecule has 0 saturated carbocycles. The molecule has 1 fully saturated rings. The van der Waals surface area contributed by atoms with Gasteiger partial charge < -0.3 is 10.6 Å². The van der Waals surface area contributed by atoms with Crippen molar-refractivity contribution >= 4 is 24.0 Å². The van der Waals surface area contributed by atoms with E-state index in [1.807, 2.05) is 6.20 Å². The predicted molar refractivity (Wildman–Crippen MR) is 94.4 cm³/mol. The number of carbonyl (C=O) groups is 1. The van der Waals surface area contributed by atoms with Gasteiger partial charge in [0.25, 0.3) is 0 Å². The highest BCUT2D eigenvalue weighted by Crippen LogP contribution is 2.34. The number of aromatic nitrogens is 2. The van der Waals surface area contributed by atoms with E-state index >= 15 is 0 Å². The number of alkyl halides is 3.